The van der Waals surface area contributed by atoms with Crippen molar-refractivity contribution < 1.29 is 18.6 Å². The van der Waals surface area contributed by atoms with Crippen LogP contribution in [-0.2, 0) is 13.9 Å². The molecule has 0 saturated carbocycles. The molecule has 1 aliphatic rings. The zero-order chi connectivity index (χ0) is 25.4. The summed E-state index contributed by atoms with van der Waals surface area (Å²) < 4.78 is 26.3. The zero-order valence-electron chi connectivity index (χ0n) is 20.3. The van der Waals surface area contributed by atoms with E-state index < -0.39 is 32.1 Å². The number of hydrogen-bond acceptors (Lipinski definition) is 9. The predicted molar refractivity (Wildman–Crippen MR) is 141 cm³/mol. The van der Waals surface area contributed by atoms with Crippen LogP contribution >= 0.6 is 23.8 Å². The van der Waals surface area contributed by atoms with Crippen molar-refractivity contribution in [2.75, 3.05) is 12.3 Å². The second-order valence-corrected chi connectivity index (χ2v) is 15.6. The second kappa shape index (κ2) is 9.98. The molecule has 3 heterocycles. The van der Waals surface area contributed by atoms with E-state index in [-0.39, 0.29) is 16.1 Å². The number of nitrogens with two attached hydrogens (primary N) is 1. The van der Waals surface area contributed by atoms with E-state index >= 15 is 0 Å². The lowest BCUT2D eigenvalue weighted by atomic mass is 10.2. The van der Waals surface area contributed by atoms with Gasteiger partial charge in [-0.3, -0.25) is 4.57 Å². The molecule has 0 unspecified atom stereocenters. The number of thiocarbonyl (C=S) groups is 1. The van der Waals surface area contributed by atoms with Crippen molar-refractivity contribution in [3.63, 3.8) is 0 Å². The van der Waals surface area contributed by atoms with Crippen LogP contribution < -0.4 is 10.5 Å². The Bertz CT molecular complexity index is 1190. The minimum Gasteiger partial charge on any atom is -0.449 e. The van der Waals surface area contributed by atoms with Crippen LogP contribution in [0.2, 0.25) is 18.1 Å². The van der Waals surface area contributed by atoms with Gasteiger partial charge in [0.05, 0.1) is 12.9 Å². The Hall–Kier alpha value is -2.31. The van der Waals surface area contributed by atoms with Crippen molar-refractivity contribution in [3.05, 3.63) is 43.0 Å². The quantitative estimate of drug-likeness (QED) is 0.273. The van der Waals surface area contributed by atoms with Crippen molar-refractivity contribution >= 4 is 54.4 Å². The smallest absolute Gasteiger partial charge is 0.358 e. The van der Waals surface area contributed by atoms with Gasteiger partial charge in [-0.05, 0) is 30.3 Å². The first-order chi connectivity index (χ1) is 16.5. The van der Waals surface area contributed by atoms with Gasteiger partial charge in [0, 0.05) is 12.2 Å². The van der Waals surface area contributed by atoms with Gasteiger partial charge in [0.2, 0.25) is 0 Å². The van der Waals surface area contributed by atoms with E-state index in [0.29, 0.717) is 23.5 Å². The van der Waals surface area contributed by atoms with Crippen LogP contribution in [0.1, 0.15) is 27.0 Å². The van der Waals surface area contributed by atoms with Crippen LogP contribution in [0.4, 0.5) is 5.82 Å². The molecule has 1 fully saturated rings. The molecule has 2 N–H and O–H groups in total. The highest BCUT2D eigenvalue weighted by Crippen LogP contribution is 2.40. The topological polar surface area (TPSA) is 107 Å². The van der Waals surface area contributed by atoms with Crippen LogP contribution in [0.25, 0.3) is 11.2 Å². The summed E-state index contributed by atoms with van der Waals surface area (Å²) in [5, 5.41) is -0.660. The maximum absolute atomic E-state index is 6.92. The third-order valence-corrected chi connectivity index (χ3v) is 11.7. The van der Waals surface area contributed by atoms with Gasteiger partial charge in [-0.1, -0.05) is 39.0 Å². The first kappa shape index (κ1) is 25.8. The van der Waals surface area contributed by atoms with E-state index in [9.17, 15) is 0 Å². The summed E-state index contributed by atoms with van der Waals surface area (Å²) in [5.74, 6) is 0.849. The number of alkyl halides is 1. The van der Waals surface area contributed by atoms with Crippen molar-refractivity contribution in [2.45, 2.75) is 62.7 Å². The van der Waals surface area contributed by atoms with E-state index in [1.807, 2.05) is 18.2 Å². The number of ether oxygens (including phenoxy) is 3. The molecule has 35 heavy (non-hydrogen) atoms. The average Bonchev–Trinajstić information content (AvgIpc) is 3.35. The highest BCUT2D eigenvalue weighted by atomic mass is 35.5. The monoisotopic (exact) mass is 535 g/mol. The molecule has 1 aliphatic heterocycles. The summed E-state index contributed by atoms with van der Waals surface area (Å²) in [6, 6.07) is 9.18. The number of rotatable bonds is 6. The first-order valence-corrected chi connectivity index (χ1v) is 15.0. The van der Waals surface area contributed by atoms with Crippen LogP contribution in [0.15, 0.2) is 43.0 Å². The molecule has 0 bridgehead atoms. The first-order valence-electron chi connectivity index (χ1n) is 11.3. The number of halogens is 1. The summed E-state index contributed by atoms with van der Waals surface area (Å²) in [6.45, 7) is 11.2. The summed E-state index contributed by atoms with van der Waals surface area (Å²) >= 11 is 12.3. The molecule has 4 rings (SSSR count). The van der Waals surface area contributed by atoms with Crippen molar-refractivity contribution in [3.8, 4) is 5.75 Å². The molecule has 9 nitrogen and oxygen atoms in total. The lowest BCUT2D eigenvalue weighted by Gasteiger charge is -2.37. The lowest BCUT2D eigenvalue weighted by molar-refractivity contribution is -0.0400. The highest BCUT2D eigenvalue weighted by molar-refractivity contribution is 7.79. The van der Waals surface area contributed by atoms with E-state index in [1.54, 1.807) is 23.0 Å². The second-order valence-electron chi connectivity index (χ2n) is 9.91. The van der Waals surface area contributed by atoms with Crippen molar-refractivity contribution in [2.24, 2.45) is 0 Å². The van der Waals surface area contributed by atoms with Gasteiger partial charge in [-0.25, -0.2) is 15.0 Å². The molecule has 1 aromatic carbocycles. The largest absolute Gasteiger partial charge is 0.449 e. The predicted octanol–water partition coefficient (Wildman–Crippen LogP) is 4.68. The number of fused-ring (bicyclic) bond motifs is 1. The van der Waals surface area contributed by atoms with E-state index in [0.717, 1.165) is 0 Å². The molecule has 3 aromatic rings. The Balaban J connectivity index is 1.58. The summed E-state index contributed by atoms with van der Waals surface area (Å²) in [6.07, 6.45) is 1.17. The summed E-state index contributed by atoms with van der Waals surface area (Å²) in [4.78, 5) is 12.7. The Morgan fingerprint density at radius 3 is 2.60 bits per heavy atom. The average molecular weight is 536 g/mol. The number of nitrogen functional groups attached to an aromatic ring is 1. The third kappa shape index (κ3) is 5.43. The number of anilines is 1. The molecule has 0 radical (unpaired) electrons. The van der Waals surface area contributed by atoms with E-state index in [1.165, 1.54) is 6.33 Å². The number of nitrogens with zero attached hydrogens (tertiary/aromatic N) is 4. The Kier molecular flexibility index (Phi) is 7.35. The molecule has 188 valence electrons. The number of aromatic nitrogens is 4. The molecule has 0 spiro atoms. The Morgan fingerprint density at radius 2 is 1.91 bits per heavy atom. The minimum atomic E-state index is -2.06. The van der Waals surface area contributed by atoms with Gasteiger partial charge in [0.15, 0.2) is 32.1 Å². The minimum absolute atomic E-state index is 0.0302. The summed E-state index contributed by atoms with van der Waals surface area (Å²) in [5.41, 5.74) is 6.95. The number of imidazole rings is 1. The Morgan fingerprint density at radius 1 is 1.20 bits per heavy atom. The molecule has 1 saturated heterocycles. The van der Waals surface area contributed by atoms with Gasteiger partial charge in [0.25, 0.3) is 0 Å². The number of para-hydroxylation sites is 1. The van der Waals surface area contributed by atoms with Crippen LogP contribution in [-0.4, -0.2) is 57.3 Å². The number of hydrogen-bond donors (Lipinski definition) is 1. The number of benzene rings is 1. The zero-order valence-corrected chi connectivity index (χ0v) is 22.9. The third-order valence-electron chi connectivity index (χ3n) is 6.52. The van der Waals surface area contributed by atoms with E-state index in [2.05, 4.69) is 48.8 Å². The van der Waals surface area contributed by atoms with Crippen LogP contribution in [0.3, 0.4) is 0 Å². The van der Waals surface area contributed by atoms with Crippen molar-refractivity contribution in [1.82, 2.24) is 19.5 Å². The van der Waals surface area contributed by atoms with Crippen molar-refractivity contribution in [1.29, 1.82) is 0 Å². The maximum Gasteiger partial charge on any atom is 0.358 e. The Labute approximate surface area is 216 Å². The van der Waals surface area contributed by atoms with Crippen LogP contribution in [0, 0.1) is 0 Å². The van der Waals surface area contributed by atoms with Crippen LogP contribution in [0.5, 0.6) is 5.75 Å². The molecule has 0 aliphatic carbocycles. The molecule has 0 amide bonds. The molecule has 2 aromatic heterocycles. The van der Waals surface area contributed by atoms with Gasteiger partial charge in [-0.15, -0.1) is 11.6 Å². The SMILES string of the molecule is CC(C)(C)[Si](C)(C)OC[C@H]1O[C@@H](n2cnc3c(N)ncnc32)[C@H](Cl)[C@@H]1OC(=S)Oc1ccccc1. The highest BCUT2D eigenvalue weighted by Gasteiger charge is 2.49. The normalized spacial score (nSPS) is 22.9. The molecule has 12 heteroatoms. The molecular formula is C23H30ClN5O4SSi. The molecule has 4 atom stereocenters. The fourth-order valence-electron chi connectivity index (χ4n) is 3.48. The van der Waals surface area contributed by atoms with Gasteiger partial charge in [-0.2, -0.15) is 0 Å². The maximum atomic E-state index is 6.92. The van der Waals surface area contributed by atoms with E-state index in [4.69, 9.17) is 48.2 Å². The summed E-state index contributed by atoms with van der Waals surface area (Å²) in [7, 11) is -2.06. The fourth-order valence-corrected chi connectivity index (χ4v) is 5.09. The van der Waals surface area contributed by atoms with Gasteiger partial charge in [0.1, 0.15) is 29.1 Å². The van der Waals surface area contributed by atoms with Gasteiger partial charge >= 0.3 is 5.24 Å². The fraction of sp³-hybridized carbons (Fsp3) is 0.478. The van der Waals surface area contributed by atoms with Gasteiger partial charge < -0.3 is 24.4 Å². The molecular weight excluding hydrogens is 506 g/mol. The lowest BCUT2D eigenvalue weighted by Crippen LogP contribution is -2.45. The standard InChI is InChI=1S/C23H30ClN5O4SSi/c1-23(2,3)35(4,5)30-11-15-18(33-22(34)31-14-9-7-6-8-10-14)16(24)21(32-15)29-13-28-17-19(25)26-12-27-20(17)29/h6-10,12-13,15-16,18,21H,11H2,1-5H3,(H2,25,26,27)/t15-,16-,18-,21-/m1/s1.